The molecule has 0 radical (unpaired) electrons. The summed E-state index contributed by atoms with van der Waals surface area (Å²) in [6, 6.07) is 0. The lowest BCUT2D eigenvalue weighted by Gasteiger charge is -2.34. The summed E-state index contributed by atoms with van der Waals surface area (Å²) in [7, 11) is 0. The van der Waals surface area contributed by atoms with Gasteiger partial charge in [-0.15, -0.1) is 0 Å². The fourth-order valence-corrected chi connectivity index (χ4v) is 2.10. The molecule has 0 saturated carbocycles. The van der Waals surface area contributed by atoms with Gasteiger partial charge in [0.25, 0.3) is 0 Å². The summed E-state index contributed by atoms with van der Waals surface area (Å²) in [6.45, 7) is 4.04. The maximum Gasteiger partial charge on any atom is 0.124 e. The Labute approximate surface area is 84.5 Å². The molecule has 0 unspecified atom stereocenters. The molecule has 14 heavy (non-hydrogen) atoms. The number of carbonyl (C=O) groups is 1. The number of piperidine rings is 1. The molecule has 76 valence electrons. The van der Waals surface area contributed by atoms with Crippen LogP contribution < -0.4 is 0 Å². The lowest BCUT2D eigenvalue weighted by atomic mass is 10.0. The zero-order valence-electron chi connectivity index (χ0n) is 8.62. The minimum absolute atomic E-state index is 0.541. The summed E-state index contributed by atoms with van der Waals surface area (Å²) in [6.07, 6.45) is 5.13. The van der Waals surface area contributed by atoms with Crippen molar-refractivity contribution in [1.29, 1.82) is 0 Å². The van der Waals surface area contributed by atoms with Gasteiger partial charge in [0.05, 0.1) is 0 Å². The van der Waals surface area contributed by atoms with Crippen molar-refractivity contribution in [3.8, 4) is 0 Å². The van der Waals surface area contributed by atoms with Crippen LogP contribution in [0.15, 0.2) is 16.3 Å². The predicted molar refractivity (Wildman–Crippen MR) is 56.2 cm³/mol. The smallest absolute Gasteiger partial charge is 0.124 e. The van der Waals surface area contributed by atoms with E-state index in [9.17, 15) is 4.79 Å². The summed E-state index contributed by atoms with van der Waals surface area (Å²) in [5.74, 6) is 1.23. The number of nitrogens with zero attached hydrogens (tertiary/aromatic N) is 2. The number of aldehydes is 1. The minimum atomic E-state index is 0.541. The molecule has 0 aliphatic carbocycles. The monoisotopic (exact) mass is 192 g/mol. The number of rotatable bonds is 2. The quantitative estimate of drug-likeness (QED) is 0.624. The standard InChI is InChI=1S/C11H16N2O/c1-9-10(5-7-14)8-13-6-3-2-4-11(13)12-9/h7H,2-6,8H2,1H3. The summed E-state index contributed by atoms with van der Waals surface area (Å²) in [5.41, 5.74) is 2.25. The highest BCUT2D eigenvalue weighted by Crippen LogP contribution is 2.22. The van der Waals surface area contributed by atoms with E-state index >= 15 is 0 Å². The fraction of sp³-hybridized carbons (Fsp3) is 0.636. The Morgan fingerprint density at radius 1 is 1.50 bits per heavy atom. The third-order valence-electron chi connectivity index (χ3n) is 2.96. The number of amidine groups is 1. The molecule has 0 N–H and O–H groups in total. The van der Waals surface area contributed by atoms with Crippen molar-refractivity contribution in [2.45, 2.75) is 32.6 Å². The van der Waals surface area contributed by atoms with Crippen molar-refractivity contribution in [2.75, 3.05) is 13.1 Å². The third kappa shape index (κ3) is 1.72. The number of hydrogen-bond donors (Lipinski definition) is 0. The van der Waals surface area contributed by atoms with Crippen LogP contribution in [-0.4, -0.2) is 30.1 Å². The molecule has 2 aliphatic rings. The molecule has 0 aromatic heterocycles. The van der Waals surface area contributed by atoms with Crippen LogP contribution in [0.3, 0.4) is 0 Å². The zero-order valence-corrected chi connectivity index (χ0v) is 8.62. The van der Waals surface area contributed by atoms with Crippen molar-refractivity contribution in [2.24, 2.45) is 4.99 Å². The molecule has 0 amide bonds. The zero-order chi connectivity index (χ0) is 9.97. The van der Waals surface area contributed by atoms with Crippen LogP contribution in [0.4, 0.5) is 0 Å². The highest BCUT2D eigenvalue weighted by Gasteiger charge is 2.21. The van der Waals surface area contributed by atoms with E-state index in [4.69, 9.17) is 0 Å². The second-order valence-corrected chi connectivity index (χ2v) is 3.97. The van der Waals surface area contributed by atoms with Gasteiger partial charge in [-0.25, -0.2) is 4.99 Å². The normalized spacial score (nSPS) is 21.8. The maximum absolute atomic E-state index is 10.5. The van der Waals surface area contributed by atoms with Gasteiger partial charge in [-0.05, 0) is 25.3 Å². The Kier molecular flexibility index (Phi) is 2.66. The van der Waals surface area contributed by atoms with Crippen LogP contribution >= 0.6 is 0 Å². The van der Waals surface area contributed by atoms with Crippen molar-refractivity contribution in [3.63, 3.8) is 0 Å². The number of hydrogen-bond acceptors (Lipinski definition) is 3. The molecule has 1 fully saturated rings. The van der Waals surface area contributed by atoms with Crippen molar-refractivity contribution in [3.05, 3.63) is 11.3 Å². The van der Waals surface area contributed by atoms with E-state index in [-0.39, 0.29) is 0 Å². The molecule has 0 bridgehead atoms. The van der Waals surface area contributed by atoms with Gasteiger partial charge in [-0.3, -0.25) is 0 Å². The molecule has 0 spiro atoms. The first-order valence-electron chi connectivity index (χ1n) is 5.26. The Morgan fingerprint density at radius 2 is 2.36 bits per heavy atom. The Hall–Kier alpha value is -1.12. The van der Waals surface area contributed by atoms with E-state index in [2.05, 4.69) is 9.89 Å². The van der Waals surface area contributed by atoms with Crippen LogP contribution in [0.1, 0.15) is 32.6 Å². The van der Waals surface area contributed by atoms with Gasteiger partial charge in [0.1, 0.15) is 12.1 Å². The SMILES string of the molecule is CC1=C(CC=O)CN2CCCCC2=N1. The molecular weight excluding hydrogens is 176 g/mol. The first-order chi connectivity index (χ1) is 6.81. The minimum Gasteiger partial charge on any atom is -0.356 e. The van der Waals surface area contributed by atoms with Gasteiger partial charge >= 0.3 is 0 Å². The predicted octanol–water partition coefficient (Wildman–Crippen LogP) is 1.75. The lowest BCUT2D eigenvalue weighted by Crippen LogP contribution is -2.39. The lowest BCUT2D eigenvalue weighted by molar-refractivity contribution is -0.107. The average molecular weight is 192 g/mol. The number of aliphatic imine (C=N–C) groups is 1. The molecule has 3 nitrogen and oxygen atoms in total. The third-order valence-corrected chi connectivity index (χ3v) is 2.96. The summed E-state index contributed by atoms with van der Waals surface area (Å²) < 4.78 is 0. The first kappa shape index (κ1) is 9.44. The Morgan fingerprint density at radius 3 is 3.14 bits per heavy atom. The van der Waals surface area contributed by atoms with Crippen LogP contribution in [0, 0.1) is 0 Å². The van der Waals surface area contributed by atoms with Gasteiger partial charge in [0, 0.05) is 31.6 Å². The van der Waals surface area contributed by atoms with E-state index < -0.39 is 0 Å². The van der Waals surface area contributed by atoms with Gasteiger partial charge in [0.2, 0.25) is 0 Å². The summed E-state index contributed by atoms with van der Waals surface area (Å²) in [5, 5.41) is 0. The van der Waals surface area contributed by atoms with Crippen LogP contribution in [-0.2, 0) is 4.79 Å². The molecule has 3 heteroatoms. The first-order valence-corrected chi connectivity index (χ1v) is 5.26. The largest absolute Gasteiger partial charge is 0.356 e. The molecule has 0 aromatic carbocycles. The molecule has 0 atom stereocenters. The van der Waals surface area contributed by atoms with Gasteiger partial charge < -0.3 is 9.69 Å². The molecule has 1 saturated heterocycles. The topological polar surface area (TPSA) is 32.7 Å². The average Bonchev–Trinajstić information content (AvgIpc) is 2.19. The highest BCUT2D eigenvalue weighted by atomic mass is 16.1. The number of carbonyl (C=O) groups excluding carboxylic acids is 1. The molecule has 2 rings (SSSR count). The molecular formula is C11H16N2O. The summed E-state index contributed by atoms with van der Waals surface area (Å²) >= 11 is 0. The second kappa shape index (κ2) is 3.95. The van der Waals surface area contributed by atoms with Crippen molar-refractivity contribution >= 4 is 12.1 Å². The molecule has 2 aliphatic heterocycles. The Bertz CT molecular complexity index is 304. The molecule has 2 heterocycles. The van der Waals surface area contributed by atoms with E-state index in [1.54, 1.807) is 0 Å². The van der Waals surface area contributed by atoms with E-state index in [0.717, 1.165) is 31.5 Å². The number of fused-ring (bicyclic) bond motifs is 1. The van der Waals surface area contributed by atoms with Crippen LogP contribution in [0.2, 0.25) is 0 Å². The van der Waals surface area contributed by atoms with E-state index in [0.29, 0.717) is 6.42 Å². The number of allylic oxidation sites excluding steroid dienone is 1. The van der Waals surface area contributed by atoms with Crippen LogP contribution in [0.5, 0.6) is 0 Å². The Balaban J connectivity index is 2.19. The molecule has 0 aromatic rings. The maximum atomic E-state index is 10.5. The van der Waals surface area contributed by atoms with Crippen LogP contribution in [0.25, 0.3) is 0 Å². The second-order valence-electron chi connectivity index (χ2n) is 3.97. The fourth-order valence-electron chi connectivity index (χ4n) is 2.10. The van der Waals surface area contributed by atoms with Gasteiger partial charge in [-0.1, -0.05) is 0 Å². The van der Waals surface area contributed by atoms with Gasteiger partial charge in [0.15, 0.2) is 0 Å². The van der Waals surface area contributed by atoms with E-state index in [1.165, 1.54) is 24.3 Å². The van der Waals surface area contributed by atoms with E-state index in [1.807, 2.05) is 6.92 Å². The van der Waals surface area contributed by atoms with Crippen molar-refractivity contribution < 1.29 is 4.79 Å². The summed E-state index contributed by atoms with van der Waals surface area (Å²) in [4.78, 5) is 17.4. The highest BCUT2D eigenvalue weighted by molar-refractivity contribution is 5.85. The van der Waals surface area contributed by atoms with Crippen molar-refractivity contribution in [1.82, 2.24) is 4.90 Å². The van der Waals surface area contributed by atoms with Gasteiger partial charge in [-0.2, -0.15) is 0 Å².